The molecule has 37 heavy (non-hydrogen) atoms. The Hall–Kier alpha value is -3.30. The molecule has 0 saturated heterocycles. The maximum absolute atomic E-state index is 14.0. The number of amides is 4. The first-order chi connectivity index (χ1) is 17.4. The van der Waals surface area contributed by atoms with Crippen molar-refractivity contribution in [3.8, 4) is 5.75 Å². The molecule has 2 saturated carbocycles. The Balaban J connectivity index is 1.95. The number of nitrogens with one attached hydrogen (secondary N) is 2. The van der Waals surface area contributed by atoms with Gasteiger partial charge in [0.15, 0.2) is 0 Å². The average molecular weight is 517 g/mol. The molecule has 0 aromatic heterocycles. The van der Waals surface area contributed by atoms with E-state index in [2.05, 4.69) is 10.6 Å². The second-order valence-electron chi connectivity index (χ2n) is 11.0. The molecule has 2 atom stereocenters. The highest BCUT2D eigenvalue weighted by Crippen LogP contribution is 2.35. The fourth-order valence-electron chi connectivity index (χ4n) is 4.84. The van der Waals surface area contributed by atoms with Crippen molar-refractivity contribution in [3.05, 3.63) is 29.8 Å². The van der Waals surface area contributed by atoms with Crippen LogP contribution in [0, 0.1) is 0 Å². The zero-order valence-electron chi connectivity index (χ0n) is 22.0. The quantitative estimate of drug-likeness (QED) is 0.396. The van der Waals surface area contributed by atoms with Gasteiger partial charge in [-0.15, -0.1) is 0 Å². The lowest BCUT2D eigenvalue weighted by Crippen LogP contribution is -2.58. The van der Waals surface area contributed by atoms with Crippen molar-refractivity contribution in [2.75, 3.05) is 0 Å². The van der Waals surface area contributed by atoms with Gasteiger partial charge in [-0.25, -0.2) is 4.79 Å². The molecule has 10 heteroatoms. The zero-order chi connectivity index (χ0) is 27.2. The van der Waals surface area contributed by atoms with Crippen molar-refractivity contribution in [2.45, 2.75) is 108 Å². The fourth-order valence-corrected chi connectivity index (χ4v) is 4.84. The van der Waals surface area contributed by atoms with Crippen LogP contribution in [0.1, 0.15) is 90.2 Å². The van der Waals surface area contributed by atoms with Gasteiger partial charge in [-0.05, 0) is 70.6 Å². The maximum atomic E-state index is 14.0. The first kappa shape index (κ1) is 28.3. The number of hydrogen-bond donors (Lipinski definition) is 4. The number of hydrogen-bond acceptors (Lipinski definition) is 6. The molecule has 1 aromatic rings. The molecule has 1 aromatic carbocycles. The van der Waals surface area contributed by atoms with E-state index in [1.165, 1.54) is 17.0 Å². The van der Waals surface area contributed by atoms with E-state index in [9.17, 15) is 24.3 Å². The molecule has 4 amide bonds. The van der Waals surface area contributed by atoms with Crippen LogP contribution in [0.15, 0.2) is 24.3 Å². The highest BCUT2D eigenvalue weighted by molar-refractivity contribution is 5.94. The smallest absolute Gasteiger partial charge is 0.408 e. The number of primary amides is 1. The van der Waals surface area contributed by atoms with Crippen LogP contribution in [-0.4, -0.2) is 57.5 Å². The summed E-state index contributed by atoms with van der Waals surface area (Å²) in [5, 5.41) is 15.5. The minimum Gasteiger partial charge on any atom is -0.508 e. The Morgan fingerprint density at radius 1 is 1.03 bits per heavy atom. The second kappa shape index (κ2) is 12.3. The number of carbonyl (C=O) groups is 4. The van der Waals surface area contributed by atoms with E-state index in [1.807, 2.05) is 0 Å². The normalized spacial score (nSPS) is 18.1. The Labute approximate surface area is 218 Å². The summed E-state index contributed by atoms with van der Waals surface area (Å²) in [4.78, 5) is 53.7. The molecule has 0 aliphatic heterocycles. The molecule has 2 unspecified atom stereocenters. The summed E-state index contributed by atoms with van der Waals surface area (Å²) in [7, 11) is 0. The van der Waals surface area contributed by atoms with Gasteiger partial charge >= 0.3 is 6.09 Å². The third-order valence-corrected chi connectivity index (χ3v) is 6.80. The van der Waals surface area contributed by atoms with E-state index in [-0.39, 0.29) is 23.7 Å². The number of phenols is 1. The highest BCUT2D eigenvalue weighted by Gasteiger charge is 2.42. The van der Waals surface area contributed by atoms with Gasteiger partial charge in [0.05, 0.1) is 6.42 Å². The van der Waals surface area contributed by atoms with Crippen LogP contribution in [0.4, 0.5) is 4.79 Å². The Kier molecular flexibility index (Phi) is 9.39. The van der Waals surface area contributed by atoms with Crippen LogP contribution in [0.3, 0.4) is 0 Å². The fraction of sp³-hybridized carbons (Fsp3) is 0.630. The van der Waals surface area contributed by atoms with Crippen molar-refractivity contribution in [1.82, 2.24) is 15.5 Å². The molecule has 10 nitrogen and oxygen atoms in total. The van der Waals surface area contributed by atoms with Crippen molar-refractivity contribution < 1.29 is 29.0 Å². The standard InChI is InChI=1S/C27H40N4O6/c1-27(2,3)37-26(36)30-21(16-22(28)33)25(35)31(19-10-7-11-19)23(17-12-14-20(32)15-13-17)24(34)29-18-8-5-4-6-9-18/h12-15,18-19,21,23,32H,4-11,16H2,1-3H3,(H2,28,33)(H,29,34)(H,30,36). The van der Waals surface area contributed by atoms with E-state index >= 15 is 0 Å². The molecule has 0 radical (unpaired) electrons. The van der Waals surface area contributed by atoms with Gasteiger partial charge in [0.2, 0.25) is 17.7 Å². The van der Waals surface area contributed by atoms with Crippen LogP contribution >= 0.6 is 0 Å². The summed E-state index contributed by atoms with van der Waals surface area (Å²) >= 11 is 0. The minimum atomic E-state index is -1.30. The van der Waals surface area contributed by atoms with Crippen molar-refractivity contribution in [3.63, 3.8) is 0 Å². The lowest BCUT2D eigenvalue weighted by atomic mass is 9.87. The van der Waals surface area contributed by atoms with Crippen LogP contribution in [-0.2, 0) is 19.1 Å². The van der Waals surface area contributed by atoms with Gasteiger partial charge < -0.3 is 31.1 Å². The van der Waals surface area contributed by atoms with Gasteiger partial charge in [-0.2, -0.15) is 0 Å². The summed E-state index contributed by atoms with van der Waals surface area (Å²) in [5.41, 5.74) is 5.15. The molecule has 0 bridgehead atoms. The summed E-state index contributed by atoms with van der Waals surface area (Å²) in [6.07, 6.45) is 5.90. The number of aromatic hydroxyl groups is 1. The zero-order valence-corrected chi connectivity index (χ0v) is 22.0. The van der Waals surface area contributed by atoms with Crippen molar-refractivity contribution >= 4 is 23.8 Å². The molecular weight excluding hydrogens is 476 g/mol. The summed E-state index contributed by atoms with van der Waals surface area (Å²) in [6.45, 7) is 5.07. The van der Waals surface area contributed by atoms with E-state index in [0.717, 1.165) is 38.5 Å². The number of ether oxygens (including phenoxy) is 1. The molecule has 5 N–H and O–H groups in total. The van der Waals surface area contributed by atoms with Crippen LogP contribution in [0.25, 0.3) is 0 Å². The molecule has 2 fully saturated rings. The number of alkyl carbamates (subject to hydrolysis) is 1. The number of nitrogens with zero attached hydrogens (tertiary/aromatic N) is 1. The molecule has 204 valence electrons. The Morgan fingerprint density at radius 2 is 1.65 bits per heavy atom. The van der Waals surface area contributed by atoms with Gasteiger partial charge in [0.25, 0.3) is 0 Å². The largest absolute Gasteiger partial charge is 0.508 e. The number of carbonyl (C=O) groups excluding carboxylic acids is 4. The summed E-state index contributed by atoms with van der Waals surface area (Å²) in [5.74, 6) is -1.63. The van der Waals surface area contributed by atoms with Crippen LogP contribution in [0.2, 0.25) is 0 Å². The highest BCUT2D eigenvalue weighted by atomic mass is 16.6. The van der Waals surface area contributed by atoms with Gasteiger partial charge in [-0.3, -0.25) is 14.4 Å². The van der Waals surface area contributed by atoms with E-state index in [0.29, 0.717) is 18.4 Å². The predicted molar refractivity (Wildman–Crippen MR) is 137 cm³/mol. The van der Waals surface area contributed by atoms with Gasteiger partial charge in [-0.1, -0.05) is 31.4 Å². The number of rotatable bonds is 9. The maximum Gasteiger partial charge on any atom is 0.408 e. The number of benzene rings is 1. The Bertz CT molecular complexity index is 964. The van der Waals surface area contributed by atoms with Crippen molar-refractivity contribution in [2.24, 2.45) is 5.73 Å². The minimum absolute atomic E-state index is 0.0144. The molecular formula is C27H40N4O6. The van der Waals surface area contributed by atoms with E-state index < -0.39 is 42.0 Å². The topological polar surface area (TPSA) is 151 Å². The number of nitrogens with two attached hydrogens (primary N) is 1. The first-order valence-electron chi connectivity index (χ1n) is 13.1. The van der Waals surface area contributed by atoms with Gasteiger partial charge in [0, 0.05) is 12.1 Å². The molecule has 2 aliphatic rings. The van der Waals surface area contributed by atoms with Crippen LogP contribution in [0.5, 0.6) is 5.75 Å². The molecule has 0 heterocycles. The molecule has 3 rings (SSSR count). The lowest BCUT2D eigenvalue weighted by molar-refractivity contribution is -0.148. The van der Waals surface area contributed by atoms with Crippen LogP contribution < -0.4 is 16.4 Å². The first-order valence-corrected chi connectivity index (χ1v) is 13.1. The molecule has 2 aliphatic carbocycles. The van der Waals surface area contributed by atoms with Crippen molar-refractivity contribution in [1.29, 1.82) is 0 Å². The van der Waals surface area contributed by atoms with E-state index in [1.54, 1.807) is 32.9 Å². The number of phenolic OH excluding ortho intramolecular Hbond substituents is 1. The lowest BCUT2D eigenvalue weighted by Gasteiger charge is -2.44. The average Bonchev–Trinajstić information content (AvgIpc) is 2.77. The summed E-state index contributed by atoms with van der Waals surface area (Å²) < 4.78 is 5.31. The monoisotopic (exact) mass is 516 g/mol. The Morgan fingerprint density at radius 3 is 2.16 bits per heavy atom. The second-order valence-corrected chi connectivity index (χ2v) is 11.0. The van der Waals surface area contributed by atoms with E-state index in [4.69, 9.17) is 10.5 Å². The molecule has 0 spiro atoms. The summed E-state index contributed by atoms with van der Waals surface area (Å²) in [6, 6.07) is 3.64. The predicted octanol–water partition coefficient (Wildman–Crippen LogP) is 3.03. The SMILES string of the molecule is CC(C)(C)OC(=O)NC(CC(N)=O)C(=O)N(C1CCC1)C(C(=O)NC1CCCCC1)c1ccc(O)cc1. The van der Waals surface area contributed by atoms with Gasteiger partial charge in [0.1, 0.15) is 23.4 Å². The third-order valence-electron chi connectivity index (χ3n) is 6.80. The third kappa shape index (κ3) is 8.10.